The topological polar surface area (TPSA) is 74.3 Å². The number of carbonyl (C=O) groups excluding carboxylic acids is 1. The zero-order chi connectivity index (χ0) is 19.9. The van der Waals surface area contributed by atoms with Gasteiger partial charge in [-0.1, -0.05) is 44.2 Å². The minimum absolute atomic E-state index is 0.0330. The second kappa shape index (κ2) is 9.78. The molecule has 0 spiro atoms. The molecule has 1 aromatic heterocycles. The average molecular weight is 387 g/mol. The highest BCUT2D eigenvalue weighted by atomic mass is 16.5. The van der Waals surface area contributed by atoms with Crippen molar-refractivity contribution in [1.29, 1.82) is 0 Å². The van der Waals surface area contributed by atoms with Gasteiger partial charge in [0, 0.05) is 25.3 Å². The number of piperidine rings is 1. The average Bonchev–Trinajstić information content (AvgIpc) is 3.16. The van der Waals surface area contributed by atoms with E-state index < -0.39 is 0 Å². The van der Waals surface area contributed by atoms with Gasteiger partial charge in [0.1, 0.15) is 0 Å². The lowest BCUT2D eigenvalue weighted by Gasteiger charge is -2.35. The normalized spacial score (nSPS) is 20.9. The van der Waals surface area contributed by atoms with Gasteiger partial charge in [0.05, 0.1) is 25.6 Å². The fourth-order valence-electron chi connectivity index (χ4n) is 4.22. The number of benzene rings is 1. The lowest BCUT2D eigenvalue weighted by Crippen LogP contribution is -3.14. The van der Waals surface area contributed by atoms with E-state index >= 15 is 0 Å². The first-order valence-corrected chi connectivity index (χ1v) is 10.4. The van der Waals surface area contributed by atoms with Gasteiger partial charge in [-0.25, -0.2) is 4.68 Å². The number of carbonyl (C=O) groups is 1. The van der Waals surface area contributed by atoms with Crippen molar-refractivity contribution in [2.75, 3.05) is 19.7 Å². The Balaban J connectivity index is 1.67. The summed E-state index contributed by atoms with van der Waals surface area (Å²) in [4.78, 5) is 13.5. The Morgan fingerprint density at radius 2 is 1.96 bits per heavy atom. The highest BCUT2D eigenvalue weighted by Gasteiger charge is 2.37. The van der Waals surface area contributed by atoms with E-state index in [-0.39, 0.29) is 17.9 Å². The maximum atomic E-state index is 12.0. The van der Waals surface area contributed by atoms with Crippen LogP contribution in [0.5, 0.6) is 0 Å². The van der Waals surface area contributed by atoms with Gasteiger partial charge in [-0.05, 0) is 29.3 Å². The minimum Gasteiger partial charge on any atom is -0.466 e. The van der Waals surface area contributed by atoms with Gasteiger partial charge >= 0.3 is 5.97 Å². The van der Waals surface area contributed by atoms with Gasteiger partial charge in [-0.3, -0.25) is 4.79 Å². The van der Waals surface area contributed by atoms with Gasteiger partial charge in [0.25, 0.3) is 0 Å². The summed E-state index contributed by atoms with van der Waals surface area (Å²) in [5.41, 5.74) is 1.28. The largest absolute Gasteiger partial charge is 0.466 e. The molecular formula is C21H32N5O2+. The van der Waals surface area contributed by atoms with Crippen LogP contribution in [-0.4, -0.2) is 45.9 Å². The molecule has 0 radical (unpaired) electrons. The summed E-state index contributed by atoms with van der Waals surface area (Å²) < 4.78 is 7.17. The minimum atomic E-state index is -0.0460. The van der Waals surface area contributed by atoms with Gasteiger partial charge in [0.15, 0.2) is 6.04 Å². The second-order valence-corrected chi connectivity index (χ2v) is 7.90. The van der Waals surface area contributed by atoms with E-state index in [9.17, 15) is 4.79 Å². The van der Waals surface area contributed by atoms with Crippen LogP contribution in [0.25, 0.3) is 0 Å². The molecule has 1 aromatic carbocycles. The summed E-state index contributed by atoms with van der Waals surface area (Å²) in [6.07, 6.45) is 2.63. The van der Waals surface area contributed by atoms with Crippen molar-refractivity contribution in [1.82, 2.24) is 20.2 Å². The fourth-order valence-corrected chi connectivity index (χ4v) is 4.22. The van der Waals surface area contributed by atoms with Crippen LogP contribution in [0.4, 0.5) is 0 Å². The molecule has 2 aromatic rings. The van der Waals surface area contributed by atoms with E-state index in [0.717, 1.165) is 44.7 Å². The maximum Gasteiger partial charge on any atom is 0.309 e. The Kier molecular flexibility index (Phi) is 7.14. The molecule has 0 amide bonds. The molecule has 1 N–H and O–H groups in total. The number of nitrogens with zero attached hydrogens (tertiary/aromatic N) is 4. The molecule has 1 atom stereocenters. The zero-order valence-corrected chi connectivity index (χ0v) is 17.2. The Morgan fingerprint density at radius 1 is 1.25 bits per heavy atom. The van der Waals surface area contributed by atoms with Crippen molar-refractivity contribution in [3.63, 3.8) is 0 Å². The van der Waals surface area contributed by atoms with E-state index in [2.05, 4.69) is 53.6 Å². The molecule has 1 aliphatic heterocycles. The first-order valence-electron chi connectivity index (χ1n) is 10.4. The molecule has 7 nitrogen and oxygen atoms in total. The fraction of sp³-hybridized carbons (Fsp3) is 0.619. The smallest absolute Gasteiger partial charge is 0.309 e. The van der Waals surface area contributed by atoms with Crippen LogP contribution in [-0.2, 0) is 22.5 Å². The van der Waals surface area contributed by atoms with Crippen LogP contribution in [0, 0.1) is 11.8 Å². The molecular weight excluding hydrogens is 354 g/mol. The molecule has 1 aliphatic rings. The number of rotatable bonds is 8. The lowest BCUT2D eigenvalue weighted by atomic mass is 9.93. The number of nitrogens with one attached hydrogen (secondary N) is 1. The molecule has 1 fully saturated rings. The SMILES string of the molecule is CCOC(=O)C1CC[NH+]([C@@H](c2nnnn2CCc2ccccc2)C(C)C)CC1. The Labute approximate surface area is 167 Å². The highest BCUT2D eigenvalue weighted by molar-refractivity contribution is 5.72. The molecule has 1 saturated heterocycles. The third-order valence-electron chi connectivity index (χ3n) is 5.65. The summed E-state index contributed by atoms with van der Waals surface area (Å²) in [5, 5.41) is 12.6. The molecule has 3 rings (SSSR count). The number of tetrazole rings is 1. The number of aryl methyl sites for hydroxylation is 2. The Hall–Kier alpha value is -2.28. The van der Waals surface area contributed by atoms with Gasteiger partial charge in [0.2, 0.25) is 5.82 Å². The first-order chi connectivity index (χ1) is 13.6. The van der Waals surface area contributed by atoms with Crippen LogP contribution in [0.2, 0.25) is 0 Å². The quantitative estimate of drug-likeness (QED) is 0.696. The summed E-state index contributed by atoms with van der Waals surface area (Å²) in [7, 11) is 0. The van der Waals surface area contributed by atoms with E-state index in [1.54, 1.807) is 0 Å². The van der Waals surface area contributed by atoms with E-state index in [0.29, 0.717) is 12.5 Å². The number of hydrogen-bond donors (Lipinski definition) is 1. The highest BCUT2D eigenvalue weighted by Crippen LogP contribution is 2.20. The van der Waals surface area contributed by atoms with Crippen molar-refractivity contribution in [2.24, 2.45) is 11.8 Å². The second-order valence-electron chi connectivity index (χ2n) is 7.90. The number of quaternary nitrogens is 1. The van der Waals surface area contributed by atoms with Crippen LogP contribution in [0.1, 0.15) is 51.0 Å². The molecule has 152 valence electrons. The van der Waals surface area contributed by atoms with Crippen molar-refractivity contribution >= 4 is 5.97 Å². The Morgan fingerprint density at radius 3 is 2.61 bits per heavy atom. The maximum absolute atomic E-state index is 12.0. The predicted molar refractivity (Wildman–Crippen MR) is 106 cm³/mol. The predicted octanol–water partition coefficient (Wildman–Crippen LogP) is 1.47. The summed E-state index contributed by atoms with van der Waals surface area (Å²) >= 11 is 0. The molecule has 0 aliphatic carbocycles. The van der Waals surface area contributed by atoms with Crippen molar-refractivity contribution in [2.45, 2.75) is 52.6 Å². The Bertz CT molecular complexity index is 738. The summed E-state index contributed by atoms with van der Waals surface area (Å²) in [6, 6.07) is 10.7. The van der Waals surface area contributed by atoms with Crippen LogP contribution >= 0.6 is 0 Å². The van der Waals surface area contributed by atoms with E-state index in [1.807, 2.05) is 17.7 Å². The lowest BCUT2D eigenvalue weighted by molar-refractivity contribution is -0.941. The number of likely N-dealkylation sites (tertiary alicyclic amines) is 1. The van der Waals surface area contributed by atoms with Gasteiger partial charge < -0.3 is 9.64 Å². The molecule has 28 heavy (non-hydrogen) atoms. The number of ether oxygens (including phenoxy) is 1. The van der Waals surface area contributed by atoms with E-state index in [1.165, 1.54) is 10.5 Å². The van der Waals surface area contributed by atoms with Crippen LogP contribution in [0.15, 0.2) is 30.3 Å². The van der Waals surface area contributed by atoms with Crippen LogP contribution < -0.4 is 4.90 Å². The third kappa shape index (κ3) is 4.95. The van der Waals surface area contributed by atoms with Crippen molar-refractivity contribution < 1.29 is 14.4 Å². The summed E-state index contributed by atoms with van der Waals surface area (Å²) in [5.74, 6) is 1.35. The van der Waals surface area contributed by atoms with Gasteiger partial charge in [-0.2, -0.15) is 0 Å². The monoisotopic (exact) mass is 386 g/mol. The molecule has 0 bridgehead atoms. The molecule has 0 unspecified atom stereocenters. The number of hydrogen-bond acceptors (Lipinski definition) is 5. The van der Waals surface area contributed by atoms with Gasteiger partial charge in [-0.15, -0.1) is 5.10 Å². The molecule has 2 heterocycles. The van der Waals surface area contributed by atoms with E-state index in [4.69, 9.17) is 4.74 Å². The van der Waals surface area contributed by atoms with Crippen molar-refractivity contribution in [3.8, 4) is 0 Å². The van der Waals surface area contributed by atoms with Crippen molar-refractivity contribution in [3.05, 3.63) is 41.7 Å². The number of aromatic nitrogens is 4. The standard InChI is InChI=1S/C21H31N5O2/c1-4-28-21(27)18-11-13-25(14-12-18)19(16(2)3)20-22-23-24-26(20)15-10-17-8-6-5-7-9-17/h5-9,16,18-19H,4,10-15H2,1-3H3/p+1/t19-/m1/s1. The molecule has 7 heteroatoms. The third-order valence-corrected chi connectivity index (χ3v) is 5.65. The number of esters is 1. The first kappa shape index (κ1) is 20.5. The zero-order valence-electron chi connectivity index (χ0n) is 17.2. The summed E-state index contributed by atoms with van der Waals surface area (Å²) in [6.45, 7) is 9.43. The molecule has 0 saturated carbocycles. The van der Waals surface area contributed by atoms with Crippen LogP contribution in [0.3, 0.4) is 0 Å².